The molecule has 0 aliphatic carbocycles. The summed E-state index contributed by atoms with van der Waals surface area (Å²) in [5.41, 5.74) is 2.89. The number of para-hydroxylation sites is 2. The number of nitrogens with one attached hydrogen (secondary N) is 1. The minimum atomic E-state index is 0.547. The molecule has 4 heteroatoms. The van der Waals surface area contributed by atoms with E-state index in [1.807, 2.05) is 60.7 Å². The van der Waals surface area contributed by atoms with Gasteiger partial charge in [0.15, 0.2) is 0 Å². The van der Waals surface area contributed by atoms with Crippen LogP contribution < -0.4 is 0 Å². The summed E-state index contributed by atoms with van der Waals surface area (Å²) in [6, 6.07) is 17.7. The molecule has 0 spiro atoms. The average Bonchev–Trinajstić information content (AvgIpc) is 2.89. The summed E-state index contributed by atoms with van der Waals surface area (Å²) < 4.78 is 0. The Hall–Kier alpha value is -2.39. The molecule has 3 rings (SSSR count). The zero-order chi connectivity index (χ0) is 13.8. The molecule has 0 radical (unpaired) electrons. The maximum absolute atomic E-state index is 6.13. The Labute approximate surface area is 121 Å². The fraction of sp³-hybridized carbons (Fsp3) is 0. The van der Waals surface area contributed by atoms with Crippen LogP contribution in [-0.2, 0) is 0 Å². The molecule has 0 bridgehead atoms. The van der Waals surface area contributed by atoms with Crippen LogP contribution in [0.4, 0.5) is 5.95 Å². The third kappa shape index (κ3) is 2.95. The van der Waals surface area contributed by atoms with Gasteiger partial charge in [-0.2, -0.15) is 0 Å². The minimum Gasteiger partial charge on any atom is -0.322 e. The third-order valence-electron chi connectivity index (χ3n) is 2.79. The van der Waals surface area contributed by atoms with E-state index in [-0.39, 0.29) is 0 Å². The molecular formula is C16H12ClN3. The minimum absolute atomic E-state index is 0.547. The molecule has 0 saturated heterocycles. The number of nitrogens with zero attached hydrogens (tertiary/aromatic N) is 2. The van der Waals surface area contributed by atoms with E-state index in [1.54, 1.807) is 6.21 Å². The van der Waals surface area contributed by atoms with Crippen LogP contribution in [-0.4, -0.2) is 16.2 Å². The summed E-state index contributed by atoms with van der Waals surface area (Å²) in [6.45, 7) is 0. The number of imidazole rings is 1. The Bertz CT molecular complexity index is 740. The van der Waals surface area contributed by atoms with E-state index < -0.39 is 0 Å². The first kappa shape index (κ1) is 12.6. The molecule has 0 amide bonds. The number of aromatic nitrogens is 2. The van der Waals surface area contributed by atoms with Gasteiger partial charge in [-0.15, -0.1) is 0 Å². The SMILES string of the molecule is ClC(/C=N/c1nc2ccccc2[nH]1)=C/c1ccccc1. The molecule has 3 aromatic rings. The van der Waals surface area contributed by atoms with Crippen LogP contribution in [0.1, 0.15) is 5.56 Å². The van der Waals surface area contributed by atoms with Gasteiger partial charge in [0.1, 0.15) is 0 Å². The predicted octanol–water partition coefficient (Wildman–Crippen LogP) is 4.55. The average molecular weight is 282 g/mol. The van der Waals surface area contributed by atoms with Gasteiger partial charge in [-0.3, -0.25) is 0 Å². The highest BCUT2D eigenvalue weighted by Crippen LogP contribution is 2.16. The van der Waals surface area contributed by atoms with E-state index in [2.05, 4.69) is 15.0 Å². The number of benzene rings is 2. The molecule has 2 aromatic carbocycles. The molecule has 0 aliphatic heterocycles. The van der Waals surface area contributed by atoms with Crippen LogP contribution in [0.5, 0.6) is 0 Å². The van der Waals surface area contributed by atoms with Crippen molar-refractivity contribution in [2.45, 2.75) is 0 Å². The van der Waals surface area contributed by atoms with Crippen molar-refractivity contribution in [3.63, 3.8) is 0 Å². The number of rotatable bonds is 3. The van der Waals surface area contributed by atoms with E-state index in [0.29, 0.717) is 11.0 Å². The van der Waals surface area contributed by atoms with Gasteiger partial charge >= 0.3 is 0 Å². The third-order valence-corrected chi connectivity index (χ3v) is 3.00. The van der Waals surface area contributed by atoms with Gasteiger partial charge < -0.3 is 4.98 Å². The van der Waals surface area contributed by atoms with Crippen LogP contribution in [0.15, 0.2) is 64.6 Å². The lowest BCUT2D eigenvalue weighted by Gasteiger charge is -1.92. The number of H-pyrrole nitrogens is 1. The Morgan fingerprint density at radius 2 is 1.80 bits per heavy atom. The van der Waals surface area contributed by atoms with E-state index in [4.69, 9.17) is 11.6 Å². The lowest BCUT2D eigenvalue weighted by molar-refractivity contribution is 1.27. The normalized spacial score (nSPS) is 12.3. The number of hydrogen-bond donors (Lipinski definition) is 1. The van der Waals surface area contributed by atoms with Gasteiger partial charge in [0.2, 0.25) is 5.95 Å². The zero-order valence-corrected chi connectivity index (χ0v) is 11.4. The Kier molecular flexibility index (Phi) is 3.61. The fourth-order valence-corrected chi connectivity index (χ4v) is 2.04. The van der Waals surface area contributed by atoms with Crippen LogP contribution in [0.3, 0.4) is 0 Å². The van der Waals surface area contributed by atoms with Crippen molar-refractivity contribution in [2.24, 2.45) is 4.99 Å². The van der Waals surface area contributed by atoms with E-state index >= 15 is 0 Å². The second-order valence-corrected chi connectivity index (χ2v) is 4.71. The van der Waals surface area contributed by atoms with Gasteiger partial charge in [0, 0.05) is 6.21 Å². The van der Waals surface area contributed by atoms with Crippen molar-refractivity contribution < 1.29 is 0 Å². The smallest absolute Gasteiger partial charge is 0.227 e. The zero-order valence-electron chi connectivity index (χ0n) is 10.6. The molecule has 98 valence electrons. The number of aliphatic imine (C=N–C) groups is 1. The summed E-state index contributed by atoms with van der Waals surface area (Å²) in [6.07, 6.45) is 3.44. The maximum Gasteiger partial charge on any atom is 0.227 e. The molecule has 1 aromatic heterocycles. The van der Waals surface area contributed by atoms with Crippen molar-refractivity contribution in [3.05, 3.63) is 65.2 Å². The molecule has 3 nitrogen and oxygen atoms in total. The monoisotopic (exact) mass is 281 g/mol. The summed E-state index contributed by atoms with van der Waals surface area (Å²) in [4.78, 5) is 11.7. The van der Waals surface area contributed by atoms with Crippen LogP contribution in [0.25, 0.3) is 17.1 Å². The molecule has 0 fully saturated rings. The van der Waals surface area contributed by atoms with Crippen LogP contribution in [0, 0.1) is 0 Å². The topological polar surface area (TPSA) is 41.0 Å². The van der Waals surface area contributed by atoms with Crippen molar-refractivity contribution in [1.29, 1.82) is 0 Å². The van der Waals surface area contributed by atoms with Crippen molar-refractivity contribution in [3.8, 4) is 0 Å². The highest BCUT2D eigenvalue weighted by atomic mass is 35.5. The molecule has 0 unspecified atom stereocenters. The lowest BCUT2D eigenvalue weighted by atomic mass is 10.2. The first-order valence-electron chi connectivity index (χ1n) is 6.22. The Balaban J connectivity index is 1.81. The van der Waals surface area contributed by atoms with Gasteiger partial charge in [0.25, 0.3) is 0 Å². The number of halogens is 1. The summed E-state index contributed by atoms with van der Waals surface area (Å²) in [5, 5.41) is 0.552. The van der Waals surface area contributed by atoms with Gasteiger partial charge in [-0.25, -0.2) is 9.98 Å². The van der Waals surface area contributed by atoms with Gasteiger partial charge in [0.05, 0.1) is 16.1 Å². The van der Waals surface area contributed by atoms with Gasteiger partial charge in [-0.1, -0.05) is 54.1 Å². The number of allylic oxidation sites excluding steroid dienone is 1. The quantitative estimate of drug-likeness (QED) is 0.703. The second-order valence-electron chi connectivity index (χ2n) is 4.28. The second kappa shape index (κ2) is 5.72. The van der Waals surface area contributed by atoms with E-state index in [0.717, 1.165) is 16.6 Å². The van der Waals surface area contributed by atoms with Gasteiger partial charge in [-0.05, 0) is 23.8 Å². The standard InChI is InChI=1S/C16H12ClN3/c17-13(10-12-6-2-1-3-7-12)11-18-16-19-14-8-4-5-9-15(14)20-16/h1-11H,(H,19,20)/b13-10+,18-11+. The number of aromatic amines is 1. The molecule has 0 aliphatic rings. The summed E-state index contributed by atoms with van der Waals surface area (Å²) in [7, 11) is 0. The highest BCUT2D eigenvalue weighted by molar-refractivity contribution is 6.41. The first-order valence-corrected chi connectivity index (χ1v) is 6.60. The Morgan fingerprint density at radius 1 is 1.05 bits per heavy atom. The summed E-state index contributed by atoms with van der Waals surface area (Å²) in [5.74, 6) is 0.547. The van der Waals surface area contributed by atoms with Crippen LogP contribution >= 0.6 is 11.6 Å². The predicted molar refractivity (Wildman–Crippen MR) is 84.5 cm³/mol. The molecule has 0 atom stereocenters. The number of fused-ring (bicyclic) bond motifs is 1. The molecular weight excluding hydrogens is 270 g/mol. The molecule has 1 heterocycles. The molecule has 20 heavy (non-hydrogen) atoms. The molecule has 0 saturated carbocycles. The van der Waals surface area contributed by atoms with Crippen molar-refractivity contribution in [1.82, 2.24) is 9.97 Å². The maximum atomic E-state index is 6.13. The molecule has 1 N–H and O–H groups in total. The van der Waals surface area contributed by atoms with E-state index in [9.17, 15) is 0 Å². The van der Waals surface area contributed by atoms with E-state index in [1.165, 1.54) is 0 Å². The van der Waals surface area contributed by atoms with Crippen molar-refractivity contribution >= 4 is 40.9 Å². The van der Waals surface area contributed by atoms with Crippen molar-refractivity contribution in [2.75, 3.05) is 0 Å². The summed E-state index contributed by atoms with van der Waals surface area (Å²) >= 11 is 6.13. The lowest BCUT2D eigenvalue weighted by Crippen LogP contribution is -1.77. The number of hydrogen-bond acceptors (Lipinski definition) is 2. The largest absolute Gasteiger partial charge is 0.322 e. The highest BCUT2D eigenvalue weighted by Gasteiger charge is 1.99. The Morgan fingerprint density at radius 3 is 2.60 bits per heavy atom. The fourth-order valence-electron chi connectivity index (χ4n) is 1.87. The first-order chi connectivity index (χ1) is 9.81. The van der Waals surface area contributed by atoms with Crippen LogP contribution in [0.2, 0.25) is 0 Å².